The van der Waals surface area contributed by atoms with E-state index in [1.807, 2.05) is 13.0 Å². The molecule has 0 bridgehead atoms. The summed E-state index contributed by atoms with van der Waals surface area (Å²) in [7, 11) is -2.25. The van der Waals surface area contributed by atoms with Crippen LogP contribution in [-0.2, 0) is 34.2 Å². The highest BCUT2D eigenvalue weighted by molar-refractivity contribution is 7.92. The third-order valence-electron chi connectivity index (χ3n) is 5.17. The van der Waals surface area contributed by atoms with Crippen LogP contribution in [0.4, 0.5) is 5.69 Å². The van der Waals surface area contributed by atoms with Gasteiger partial charge in [-0.25, -0.2) is 8.42 Å². The number of carbonyl (C=O) groups excluding carboxylic acids is 1. The van der Waals surface area contributed by atoms with Gasteiger partial charge in [0.05, 0.1) is 19.1 Å². The van der Waals surface area contributed by atoms with Crippen LogP contribution in [0, 0.1) is 6.92 Å². The largest absolute Gasteiger partial charge is 0.495 e. The topological polar surface area (TPSA) is 75.7 Å². The lowest BCUT2D eigenvalue weighted by Gasteiger charge is -2.29. The molecule has 0 radical (unpaired) electrons. The molecule has 30 heavy (non-hydrogen) atoms. The van der Waals surface area contributed by atoms with Crippen molar-refractivity contribution in [3.05, 3.63) is 58.7 Å². The third kappa shape index (κ3) is 5.53. The Morgan fingerprint density at radius 3 is 2.37 bits per heavy atom. The molecule has 164 valence electrons. The first kappa shape index (κ1) is 23.7. The van der Waals surface area contributed by atoms with E-state index in [1.165, 1.54) is 18.2 Å². The van der Waals surface area contributed by atoms with Crippen molar-refractivity contribution in [1.29, 1.82) is 0 Å². The summed E-state index contributed by atoms with van der Waals surface area (Å²) in [6, 6.07) is 10.6. The van der Waals surface area contributed by atoms with Crippen LogP contribution in [0.1, 0.15) is 43.0 Å². The summed E-state index contributed by atoms with van der Waals surface area (Å²) >= 11 is 0. The van der Waals surface area contributed by atoms with Gasteiger partial charge in [-0.2, -0.15) is 0 Å². The van der Waals surface area contributed by atoms with Crippen LogP contribution in [0.5, 0.6) is 5.75 Å². The maximum atomic E-state index is 13.0. The highest BCUT2D eigenvalue weighted by atomic mass is 32.2. The van der Waals surface area contributed by atoms with E-state index >= 15 is 0 Å². The summed E-state index contributed by atoms with van der Waals surface area (Å²) in [4.78, 5) is 13.0. The molecule has 1 atom stereocenters. The lowest BCUT2D eigenvalue weighted by Crippen LogP contribution is -2.47. The number of hydrogen-bond acceptors (Lipinski definition) is 4. The van der Waals surface area contributed by atoms with E-state index < -0.39 is 16.1 Å². The van der Waals surface area contributed by atoms with Gasteiger partial charge in [-0.05, 0) is 61.1 Å². The Balaban J connectivity index is 2.31. The number of aryl methyl sites for hydroxylation is 3. The number of ether oxygens (including phenoxy) is 1. The number of nitrogens with zero attached hydrogens (tertiary/aromatic N) is 1. The molecule has 6 nitrogen and oxygen atoms in total. The number of amides is 1. The van der Waals surface area contributed by atoms with Crippen molar-refractivity contribution < 1.29 is 17.9 Å². The molecule has 2 aromatic rings. The van der Waals surface area contributed by atoms with Gasteiger partial charge in [0.25, 0.3) is 0 Å². The van der Waals surface area contributed by atoms with E-state index in [-0.39, 0.29) is 5.91 Å². The molecule has 0 aliphatic rings. The third-order valence-corrected chi connectivity index (χ3v) is 6.40. The minimum atomic E-state index is -3.73. The Hall–Kier alpha value is -2.54. The van der Waals surface area contributed by atoms with Crippen LogP contribution in [0.2, 0.25) is 0 Å². The van der Waals surface area contributed by atoms with Gasteiger partial charge >= 0.3 is 0 Å². The molecule has 2 aromatic carbocycles. The predicted molar refractivity (Wildman–Crippen MR) is 122 cm³/mol. The van der Waals surface area contributed by atoms with Crippen molar-refractivity contribution in [2.45, 2.75) is 53.1 Å². The number of anilines is 1. The molecule has 0 saturated carbocycles. The second-order valence-electron chi connectivity index (χ2n) is 7.44. The van der Waals surface area contributed by atoms with Gasteiger partial charge in [-0.1, -0.05) is 38.1 Å². The molecule has 1 amide bonds. The SMILES string of the molecule is CCc1ccc(CC)c(CNC(=O)[C@H](C)N(c2cc(C)ccc2OC)S(C)(=O)=O)c1. The molecule has 0 heterocycles. The summed E-state index contributed by atoms with van der Waals surface area (Å²) in [5.74, 6) is 0.0301. The highest BCUT2D eigenvalue weighted by Crippen LogP contribution is 2.32. The Morgan fingerprint density at radius 1 is 1.10 bits per heavy atom. The van der Waals surface area contributed by atoms with Gasteiger partial charge < -0.3 is 10.1 Å². The zero-order valence-corrected chi connectivity index (χ0v) is 19.5. The van der Waals surface area contributed by atoms with Crippen LogP contribution >= 0.6 is 0 Å². The van der Waals surface area contributed by atoms with Crippen molar-refractivity contribution in [3.8, 4) is 5.75 Å². The van der Waals surface area contributed by atoms with E-state index in [1.54, 1.807) is 19.1 Å². The van der Waals surface area contributed by atoms with E-state index in [0.29, 0.717) is 18.0 Å². The number of rotatable bonds is 9. The van der Waals surface area contributed by atoms with E-state index in [9.17, 15) is 13.2 Å². The fraction of sp³-hybridized carbons (Fsp3) is 0.435. The van der Waals surface area contributed by atoms with Crippen LogP contribution in [-0.4, -0.2) is 33.7 Å². The summed E-state index contributed by atoms with van der Waals surface area (Å²) in [6.07, 6.45) is 2.87. The smallest absolute Gasteiger partial charge is 0.243 e. The van der Waals surface area contributed by atoms with Gasteiger partial charge in [-0.3, -0.25) is 9.10 Å². The lowest BCUT2D eigenvalue weighted by molar-refractivity contribution is -0.122. The van der Waals surface area contributed by atoms with Gasteiger partial charge in [-0.15, -0.1) is 0 Å². The summed E-state index contributed by atoms with van der Waals surface area (Å²) in [6.45, 7) is 7.96. The molecule has 7 heteroatoms. The lowest BCUT2D eigenvalue weighted by atomic mass is 10.0. The molecule has 0 aliphatic heterocycles. The van der Waals surface area contributed by atoms with E-state index in [0.717, 1.165) is 34.5 Å². The Kier molecular flexibility index (Phi) is 7.89. The monoisotopic (exact) mass is 432 g/mol. The van der Waals surface area contributed by atoms with Crippen molar-refractivity contribution in [1.82, 2.24) is 5.32 Å². The minimum absolute atomic E-state index is 0.350. The molecule has 0 unspecified atom stereocenters. The number of hydrogen-bond donors (Lipinski definition) is 1. The van der Waals surface area contributed by atoms with Gasteiger partial charge in [0.1, 0.15) is 11.8 Å². The number of sulfonamides is 1. The van der Waals surface area contributed by atoms with Crippen LogP contribution < -0.4 is 14.4 Å². The second kappa shape index (κ2) is 9.98. The van der Waals surface area contributed by atoms with Crippen LogP contribution in [0.25, 0.3) is 0 Å². The normalized spacial score (nSPS) is 12.3. The first-order valence-corrected chi connectivity index (χ1v) is 12.0. The number of nitrogens with one attached hydrogen (secondary N) is 1. The van der Waals surface area contributed by atoms with Gasteiger partial charge in [0.2, 0.25) is 15.9 Å². The molecular formula is C23H32N2O4S. The summed E-state index contributed by atoms with van der Waals surface area (Å²) < 4.78 is 31.7. The first-order valence-electron chi connectivity index (χ1n) is 10.1. The first-order chi connectivity index (χ1) is 14.1. The zero-order valence-electron chi connectivity index (χ0n) is 18.7. The molecule has 0 fully saturated rings. The fourth-order valence-electron chi connectivity index (χ4n) is 3.49. The summed E-state index contributed by atoms with van der Waals surface area (Å²) in [5.41, 5.74) is 4.64. The second-order valence-corrected chi connectivity index (χ2v) is 9.30. The van der Waals surface area contributed by atoms with E-state index in [2.05, 4.69) is 37.4 Å². The number of benzene rings is 2. The maximum absolute atomic E-state index is 13.0. The van der Waals surface area contributed by atoms with Crippen molar-refractivity contribution in [2.75, 3.05) is 17.7 Å². The van der Waals surface area contributed by atoms with Crippen molar-refractivity contribution in [2.24, 2.45) is 0 Å². The predicted octanol–water partition coefficient (Wildman–Crippen LogP) is 3.60. The zero-order chi connectivity index (χ0) is 22.5. The van der Waals surface area contributed by atoms with Crippen molar-refractivity contribution in [3.63, 3.8) is 0 Å². The minimum Gasteiger partial charge on any atom is -0.495 e. The maximum Gasteiger partial charge on any atom is 0.243 e. The number of methoxy groups -OCH3 is 1. The fourth-order valence-corrected chi connectivity index (χ4v) is 4.66. The molecule has 0 saturated heterocycles. The Labute approximate surface area is 180 Å². The van der Waals surface area contributed by atoms with Crippen LogP contribution in [0.3, 0.4) is 0 Å². The molecule has 2 rings (SSSR count). The molecular weight excluding hydrogens is 400 g/mol. The summed E-state index contributed by atoms with van der Waals surface area (Å²) in [5, 5.41) is 2.91. The molecule has 0 aromatic heterocycles. The standard InChI is InChI=1S/C23H32N2O4S/c1-7-18-10-11-19(8-2)20(14-18)15-24-23(26)17(4)25(30(6,27)28)21-13-16(3)9-12-22(21)29-5/h9-14,17H,7-8,15H2,1-6H3,(H,24,26)/t17-/m0/s1. The quantitative estimate of drug-likeness (QED) is 0.657. The molecule has 1 N–H and O–H groups in total. The van der Waals surface area contributed by atoms with Gasteiger partial charge in [0, 0.05) is 6.54 Å². The van der Waals surface area contributed by atoms with Gasteiger partial charge in [0.15, 0.2) is 0 Å². The molecule has 0 aliphatic carbocycles. The Morgan fingerprint density at radius 2 is 1.80 bits per heavy atom. The highest BCUT2D eigenvalue weighted by Gasteiger charge is 2.31. The average molecular weight is 433 g/mol. The van der Waals surface area contributed by atoms with E-state index in [4.69, 9.17) is 4.74 Å². The van der Waals surface area contributed by atoms with Crippen LogP contribution in [0.15, 0.2) is 36.4 Å². The Bertz CT molecular complexity index is 1000. The number of carbonyl (C=O) groups is 1. The molecule has 0 spiro atoms. The van der Waals surface area contributed by atoms with Crippen molar-refractivity contribution >= 4 is 21.6 Å². The average Bonchev–Trinajstić information content (AvgIpc) is 2.70.